The van der Waals surface area contributed by atoms with E-state index in [1.54, 1.807) is 12.5 Å². The standard InChI is InChI=1S/C9H12N4O/c1-10-8(9-11-6-12-13-9)4-7-2-3-14-5-7/h2-3,5-6,8,10H,4H2,1H3,(H,11,12,13). The van der Waals surface area contributed by atoms with Crippen molar-refractivity contribution in [1.82, 2.24) is 20.5 Å². The number of aromatic nitrogens is 3. The van der Waals surface area contributed by atoms with Crippen molar-refractivity contribution in [2.75, 3.05) is 7.05 Å². The van der Waals surface area contributed by atoms with Crippen molar-refractivity contribution in [1.29, 1.82) is 0 Å². The van der Waals surface area contributed by atoms with Crippen LogP contribution in [0.25, 0.3) is 0 Å². The van der Waals surface area contributed by atoms with Crippen LogP contribution in [0.15, 0.2) is 29.3 Å². The van der Waals surface area contributed by atoms with Gasteiger partial charge in [0, 0.05) is 0 Å². The average molecular weight is 192 g/mol. The van der Waals surface area contributed by atoms with E-state index < -0.39 is 0 Å². The van der Waals surface area contributed by atoms with E-state index in [1.807, 2.05) is 13.1 Å². The fraction of sp³-hybridized carbons (Fsp3) is 0.333. The second-order valence-corrected chi connectivity index (χ2v) is 3.05. The van der Waals surface area contributed by atoms with Crippen LogP contribution >= 0.6 is 0 Å². The van der Waals surface area contributed by atoms with Crippen LogP contribution in [0.1, 0.15) is 17.4 Å². The lowest BCUT2D eigenvalue weighted by Crippen LogP contribution is -2.19. The number of nitrogens with zero attached hydrogens (tertiary/aromatic N) is 2. The second-order valence-electron chi connectivity index (χ2n) is 3.05. The van der Waals surface area contributed by atoms with E-state index in [9.17, 15) is 0 Å². The average Bonchev–Trinajstić information content (AvgIpc) is 2.86. The molecule has 0 aromatic carbocycles. The minimum absolute atomic E-state index is 0.148. The largest absolute Gasteiger partial charge is 0.472 e. The molecule has 5 nitrogen and oxygen atoms in total. The van der Waals surface area contributed by atoms with E-state index in [4.69, 9.17) is 4.42 Å². The van der Waals surface area contributed by atoms with Gasteiger partial charge in [0.1, 0.15) is 12.2 Å². The van der Waals surface area contributed by atoms with Crippen molar-refractivity contribution in [3.8, 4) is 0 Å². The van der Waals surface area contributed by atoms with Gasteiger partial charge in [-0.2, -0.15) is 5.10 Å². The quantitative estimate of drug-likeness (QED) is 0.755. The molecule has 0 aliphatic carbocycles. The highest BCUT2D eigenvalue weighted by atomic mass is 16.3. The Morgan fingerprint density at radius 2 is 2.57 bits per heavy atom. The SMILES string of the molecule is CNC(Cc1ccoc1)c1ncn[nH]1. The molecule has 5 heteroatoms. The summed E-state index contributed by atoms with van der Waals surface area (Å²) in [7, 11) is 1.90. The zero-order chi connectivity index (χ0) is 9.80. The molecule has 0 saturated heterocycles. The van der Waals surface area contributed by atoms with Crippen molar-refractivity contribution in [3.63, 3.8) is 0 Å². The molecule has 0 radical (unpaired) electrons. The predicted molar refractivity (Wildman–Crippen MR) is 50.6 cm³/mol. The normalized spacial score (nSPS) is 12.9. The van der Waals surface area contributed by atoms with Gasteiger partial charge in [0.05, 0.1) is 18.6 Å². The van der Waals surface area contributed by atoms with Gasteiger partial charge < -0.3 is 9.73 Å². The lowest BCUT2D eigenvalue weighted by atomic mass is 10.1. The molecule has 1 atom stereocenters. The summed E-state index contributed by atoms with van der Waals surface area (Å²) in [5.74, 6) is 0.841. The van der Waals surface area contributed by atoms with E-state index in [-0.39, 0.29) is 6.04 Å². The molecule has 0 aliphatic heterocycles. The molecule has 0 spiro atoms. The Balaban J connectivity index is 2.08. The number of hydrogen-bond donors (Lipinski definition) is 2. The molecule has 2 N–H and O–H groups in total. The highest BCUT2D eigenvalue weighted by Gasteiger charge is 2.12. The van der Waals surface area contributed by atoms with Gasteiger partial charge >= 0.3 is 0 Å². The van der Waals surface area contributed by atoms with E-state index >= 15 is 0 Å². The Kier molecular flexibility index (Phi) is 2.60. The maximum absolute atomic E-state index is 5.00. The van der Waals surface area contributed by atoms with Gasteiger partial charge in [-0.1, -0.05) is 0 Å². The first-order chi connectivity index (χ1) is 6.90. The number of nitrogens with one attached hydrogen (secondary N) is 2. The summed E-state index contributed by atoms with van der Waals surface area (Å²) in [6.45, 7) is 0. The van der Waals surface area contributed by atoms with Crippen LogP contribution in [0.3, 0.4) is 0 Å². The zero-order valence-corrected chi connectivity index (χ0v) is 7.90. The fourth-order valence-corrected chi connectivity index (χ4v) is 1.36. The monoisotopic (exact) mass is 192 g/mol. The minimum atomic E-state index is 0.148. The Labute approximate surface area is 81.5 Å². The summed E-state index contributed by atoms with van der Waals surface area (Å²) < 4.78 is 5.00. The predicted octanol–water partition coefficient (Wildman–Crippen LogP) is 0.901. The van der Waals surface area contributed by atoms with Crippen LogP contribution < -0.4 is 5.32 Å². The second kappa shape index (κ2) is 4.06. The third kappa shape index (κ3) is 1.82. The molecule has 0 fully saturated rings. The number of likely N-dealkylation sites (N-methyl/N-ethyl adjacent to an activating group) is 1. The Morgan fingerprint density at radius 1 is 1.64 bits per heavy atom. The van der Waals surface area contributed by atoms with Crippen molar-refractivity contribution in [2.24, 2.45) is 0 Å². The summed E-state index contributed by atoms with van der Waals surface area (Å²) in [6, 6.07) is 2.09. The van der Waals surface area contributed by atoms with E-state index in [1.165, 1.54) is 6.33 Å². The molecule has 1 unspecified atom stereocenters. The number of hydrogen-bond acceptors (Lipinski definition) is 4. The molecule has 2 heterocycles. The van der Waals surface area contributed by atoms with Gasteiger partial charge in [-0.3, -0.25) is 5.10 Å². The zero-order valence-electron chi connectivity index (χ0n) is 7.90. The number of rotatable bonds is 4. The molecule has 0 saturated carbocycles. The molecule has 0 amide bonds. The van der Waals surface area contributed by atoms with Gasteiger partial charge in [-0.25, -0.2) is 4.98 Å². The number of H-pyrrole nitrogens is 1. The maximum atomic E-state index is 5.00. The van der Waals surface area contributed by atoms with E-state index in [2.05, 4.69) is 20.5 Å². The van der Waals surface area contributed by atoms with Gasteiger partial charge in [-0.15, -0.1) is 0 Å². The molecule has 2 aromatic heterocycles. The van der Waals surface area contributed by atoms with E-state index in [0.717, 1.165) is 17.8 Å². The number of aromatic amines is 1. The van der Waals surface area contributed by atoms with Gasteiger partial charge in [-0.05, 0) is 25.1 Å². The Hall–Kier alpha value is -1.62. The molecule has 74 valence electrons. The summed E-state index contributed by atoms with van der Waals surface area (Å²) in [6.07, 6.45) is 5.75. The van der Waals surface area contributed by atoms with Crippen LogP contribution in [-0.4, -0.2) is 22.2 Å². The molecule has 14 heavy (non-hydrogen) atoms. The van der Waals surface area contributed by atoms with Crippen molar-refractivity contribution in [3.05, 3.63) is 36.3 Å². The van der Waals surface area contributed by atoms with Crippen molar-refractivity contribution in [2.45, 2.75) is 12.5 Å². The Bertz CT molecular complexity index is 354. The van der Waals surface area contributed by atoms with Crippen LogP contribution in [0.2, 0.25) is 0 Å². The van der Waals surface area contributed by atoms with Crippen molar-refractivity contribution >= 4 is 0 Å². The van der Waals surface area contributed by atoms with Crippen LogP contribution in [0.5, 0.6) is 0 Å². The first-order valence-electron chi connectivity index (χ1n) is 4.43. The molecular formula is C9H12N4O. The molecule has 2 rings (SSSR count). The highest BCUT2D eigenvalue weighted by Crippen LogP contribution is 2.13. The number of furan rings is 1. The third-order valence-corrected chi connectivity index (χ3v) is 2.13. The Morgan fingerprint density at radius 3 is 3.14 bits per heavy atom. The molecular weight excluding hydrogens is 180 g/mol. The highest BCUT2D eigenvalue weighted by molar-refractivity contribution is 5.09. The van der Waals surface area contributed by atoms with Crippen LogP contribution in [0, 0.1) is 0 Å². The first kappa shape index (κ1) is 8.96. The lowest BCUT2D eigenvalue weighted by molar-refractivity contribution is 0.540. The summed E-state index contributed by atoms with van der Waals surface area (Å²) in [4.78, 5) is 4.11. The van der Waals surface area contributed by atoms with Gasteiger partial charge in [0.15, 0.2) is 0 Å². The lowest BCUT2D eigenvalue weighted by Gasteiger charge is -2.11. The van der Waals surface area contributed by atoms with Gasteiger partial charge in [0.25, 0.3) is 0 Å². The third-order valence-electron chi connectivity index (χ3n) is 2.13. The van der Waals surface area contributed by atoms with Crippen LogP contribution in [0.4, 0.5) is 0 Å². The fourth-order valence-electron chi connectivity index (χ4n) is 1.36. The summed E-state index contributed by atoms with van der Waals surface area (Å²) >= 11 is 0. The topological polar surface area (TPSA) is 66.7 Å². The molecule has 0 aliphatic rings. The van der Waals surface area contributed by atoms with Crippen LogP contribution in [-0.2, 0) is 6.42 Å². The summed E-state index contributed by atoms with van der Waals surface area (Å²) in [5, 5.41) is 9.83. The van der Waals surface area contributed by atoms with E-state index in [0.29, 0.717) is 0 Å². The summed E-state index contributed by atoms with van der Waals surface area (Å²) in [5.41, 5.74) is 1.14. The first-order valence-corrected chi connectivity index (χ1v) is 4.43. The smallest absolute Gasteiger partial charge is 0.141 e. The molecule has 2 aromatic rings. The minimum Gasteiger partial charge on any atom is -0.472 e. The van der Waals surface area contributed by atoms with Gasteiger partial charge in [0.2, 0.25) is 0 Å². The molecule has 0 bridgehead atoms. The van der Waals surface area contributed by atoms with Crippen molar-refractivity contribution < 1.29 is 4.42 Å². The maximum Gasteiger partial charge on any atom is 0.141 e.